The van der Waals surface area contributed by atoms with Gasteiger partial charge >= 0.3 is 5.97 Å². The van der Waals surface area contributed by atoms with E-state index in [0.29, 0.717) is 12.8 Å². The lowest BCUT2D eigenvalue weighted by Crippen LogP contribution is -2.50. The molecule has 3 atom stereocenters. The zero-order chi connectivity index (χ0) is 17.5. The number of carboxylic acid groups (broad SMARTS) is 1. The second-order valence-electron chi connectivity index (χ2n) is 6.06. The Morgan fingerprint density at radius 1 is 1.08 bits per heavy atom. The first-order valence-electron chi connectivity index (χ1n) is 8.04. The highest BCUT2D eigenvalue weighted by Crippen LogP contribution is 2.30. The first-order valence-corrected chi connectivity index (χ1v) is 8.04. The summed E-state index contributed by atoms with van der Waals surface area (Å²) in [4.78, 5) is 35.7. The molecule has 2 rings (SSSR count). The second-order valence-corrected chi connectivity index (χ2v) is 6.06. The number of amides is 2. The van der Waals surface area contributed by atoms with E-state index in [0.717, 1.165) is 18.4 Å². The summed E-state index contributed by atoms with van der Waals surface area (Å²) in [6, 6.07) is 8.12. The molecule has 1 fully saturated rings. The van der Waals surface area contributed by atoms with Crippen molar-refractivity contribution in [1.82, 2.24) is 10.8 Å². The van der Waals surface area contributed by atoms with Crippen LogP contribution < -0.4 is 10.8 Å². The fourth-order valence-corrected chi connectivity index (χ4v) is 3.16. The lowest BCUT2D eigenvalue weighted by atomic mass is 9.78. The Hall–Kier alpha value is -2.41. The van der Waals surface area contributed by atoms with Gasteiger partial charge in [-0.25, -0.2) is 5.48 Å². The molecular weight excluding hydrogens is 312 g/mol. The molecule has 0 spiro atoms. The van der Waals surface area contributed by atoms with Crippen LogP contribution in [0.4, 0.5) is 0 Å². The minimum Gasteiger partial charge on any atom is -0.481 e. The highest BCUT2D eigenvalue weighted by Gasteiger charge is 2.37. The van der Waals surface area contributed by atoms with Gasteiger partial charge in [-0.05, 0) is 18.4 Å². The van der Waals surface area contributed by atoms with E-state index in [4.69, 9.17) is 5.21 Å². The molecule has 3 unspecified atom stereocenters. The van der Waals surface area contributed by atoms with E-state index in [-0.39, 0.29) is 6.42 Å². The van der Waals surface area contributed by atoms with Crippen molar-refractivity contribution < 1.29 is 24.7 Å². The summed E-state index contributed by atoms with van der Waals surface area (Å²) in [6.07, 6.45) is 2.73. The molecule has 24 heavy (non-hydrogen) atoms. The molecule has 130 valence electrons. The molecule has 7 nitrogen and oxygen atoms in total. The van der Waals surface area contributed by atoms with Crippen molar-refractivity contribution in [2.75, 3.05) is 0 Å². The molecule has 0 bridgehead atoms. The molecule has 0 aromatic heterocycles. The van der Waals surface area contributed by atoms with Crippen LogP contribution in [0.3, 0.4) is 0 Å². The molecule has 0 radical (unpaired) electrons. The van der Waals surface area contributed by atoms with Gasteiger partial charge in [-0.1, -0.05) is 43.2 Å². The molecule has 7 heteroatoms. The molecule has 1 aromatic carbocycles. The number of carboxylic acids is 1. The number of rotatable bonds is 6. The summed E-state index contributed by atoms with van der Waals surface area (Å²) in [5.41, 5.74) is 2.38. The molecule has 2 amide bonds. The van der Waals surface area contributed by atoms with Crippen LogP contribution in [-0.4, -0.2) is 34.1 Å². The maximum atomic E-state index is 12.5. The van der Waals surface area contributed by atoms with Crippen molar-refractivity contribution in [3.63, 3.8) is 0 Å². The van der Waals surface area contributed by atoms with Gasteiger partial charge in [0.1, 0.15) is 6.04 Å². The van der Waals surface area contributed by atoms with Crippen LogP contribution in [0.2, 0.25) is 0 Å². The van der Waals surface area contributed by atoms with E-state index in [1.165, 1.54) is 0 Å². The van der Waals surface area contributed by atoms with Gasteiger partial charge < -0.3 is 10.4 Å². The number of carbonyl (C=O) groups excluding carboxylic acids is 2. The standard InChI is InChI=1S/C17H22N2O5/c20-15(12-8-4-5-9-13(12)17(22)23)18-14(16(21)19-24)10-11-6-2-1-3-7-11/h1-3,6-7,12-14,24H,4-5,8-10H2,(H,18,20)(H,19,21)(H,22,23). The normalized spacial score (nSPS) is 21.5. The zero-order valence-electron chi connectivity index (χ0n) is 13.3. The largest absolute Gasteiger partial charge is 0.481 e. The molecule has 1 aromatic rings. The van der Waals surface area contributed by atoms with E-state index in [2.05, 4.69) is 5.32 Å². The van der Waals surface area contributed by atoms with E-state index < -0.39 is 35.7 Å². The van der Waals surface area contributed by atoms with Crippen molar-refractivity contribution in [1.29, 1.82) is 0 Å². The number of carbonyl (C=O) groups is 3. The predicted molar refractivity (Wildman–Crippen MR) is 85.1 cm³/mol. The van der Waals surface area contributed by atoms with Crippen molar-refractivity contribution >= 4 is 17.8 Å². The third kappa shape index (κ3) is 4.55. The lowest BCUT2D eigenvalue weighted by molar-refractivity contribution is -0.149. The Morgan fingerprint density at radius 2 is 1.71 bits per heavy atom. The fourth-order valence-electron chi connectivity index (χ4n) is 3.16. The minimum atomic E-state index is -0.985. The topological polar surface area (TPSA) is 116 Å². The Morgan fingerprint density at radius 3 is 2.29 bits per heavy atom. The summed E-state index contributed by atoms with van der Waals surface area (Å²) in [5, 5.41) is 20.8. The maximum Gasteiger partial charge on any atom is 0.307 e. The van der Waals surface area contributed by atoms with Gasteiger partial charge in [0.05, 0.1) is 11.8 Å². The lowest BCUT2D eigenvalue weighted by Gasteiger charge is -2.29. The quantitative estimate of drug-likeness (QED) is 0.459. The average molecular weight is 334 g/mol. The number of hydrogen-bond donors (Lipinski definition) is 4. The zero-order valence-corrected chi connectivity index (χ0v) is 13.3. The summed E-state index contributed by atoms with van der Waals surface area (Å²) in [5.74, 6) is -3.54. The summed E-state index contributed by atoms with van der Waals surface area (Å²) < 4.78 is 0. The Bertz CT molecular complexity index is 590. The van der Waals surface area contributed by atoms with Gasteiger partial charge in [0.25, 0.3) is 5.91 Å². The number of hydrogen-bond acceptors (Lipinski definition) is 4. The van der Waals surface area contributed by atoms with Crippen LogP contribution in [-0.2, 0) is 20.8 Å². The molecule has 0 aliphatic heterocycles. The maximum absolute atomic E-state index is 12.5. The van der Waals surface area contributed by atoms with Gasteiger partial charge in [0.15, 0.2) is 0 Å². The van der Waals surface area contributed by atoms with Crippen LogP contribution in [0.15, 0.2) is 30.3 Å². The van der Waals surface area contributed by atoms with Gasteiger partial charge in [-0.2, -0.15) is 0 Å². The van der Waals surface area contributed by atoms with Crippen LogP contribution in [0.25, 0.3) is 0 Å². The Labute approximate surface area is 140 Å². The van der Waals surface area contributed by atoms with Crippen LogP contribution >= 0.6 is 0 Å². The highest BCUT2D eigenvalue weighted by atomic mass is 16.5. The van der Waals surface area contributed by atoms with Crippen molar-refractivity contribution in [2.45, 2.75) is 38.1 Å². The number of benzene rings is 1. The number of nitrogens with one attached hydrogen (secondary N) is 2. The SMILES string of the molecule is O=C(NO)C(Cc1ccccc1)NC(=O)C1CCCCC1C(=O)O. The van der Waals surface area contributed by atoms with Crippen molar-refractivity contribution in [3.05, 3.63) is 35.9 Å². The van der Waals surface area contributed by atoms with E-state index in [1.54, 1.807) is 5.48 Å². The number of aliphatic carboxylic acids is 1. The third-order valence-electron chi connectivity index (χ3n) is 4.45. The fraction of sp³-hybridized carbons (Fsp3) is 0.471. The molecule has 1 saturated carbocycles. The summed E-state index contributed by atoms with van der Waals surface area (Å²) in [6.45, 7) is 0. The average Bonchev–Trinajstić information content (AvgIpc) is 2.61. The third-order valence-corrected chi connectivity index (χ3v) is 4.45. The minimum absolute atomic E-state index is 0.212. The Balaban J connectivity index is 2.08. The molecule has 1 aliphatic rings. The molecule has 1 aliphatic carbocycles. The van der Waals surface area contributed by atoms with Gasteiger partial charge in [-0.15, -0.1) is 0 Å². The van der Waals surface area contributed by atoms with Crippen molar-refractivity contribution in [3.8, 4) is 0 Å². The first-order chi connectivity index (χ1) is 11.5. The number of hydroxylamine groups is 1. The summed E-state index contributed by atoms with van der Waals surface area (Å²) in [7, 11) is 0. The van der Waals surface area contributed by atoms with Crippen LogP contribution in [0, 0.1) is 11.8 Å². The van der Waals surface area contributed by atoms with Crippen LogP contribution in [0.5, 0.6) is 0 Å². The molecular formula is C17H22N2O5. The van der Waals surface area contributed by atoms with Gasteiger partial charge in [0, 0.05) is 6.42 Å². The van der Waals surface area contributed by atoms with Gasteiger partial charge in [0.2, 0.25) is 5.91 Å². The van der Waals surface area contributed by atoms with Gasteiger partial charge in [-0.3, -0.25) is 19.6 Å². The van der Waals surface area contributed by atoms with E-state index in [9.17, 15) is 19.5 Å². The van der Waals surface area contributed by atoms with Crippen LogP contribution in [0.1, 0.15) is 31.2 Å². The predicted octanol–water partition coefficient (Wildman–Crippen LogP) is 1.11. The second kappa shape index (κ2) is 8.44. The molecule has 0 saturated heterocycles. The molecule has 0 heterocycles. The van der Waals surface area contributed by atoms with E-state index in [1.807, 2.05) is 30.3 Å². The monoisotopic (exact) mass is 334 g/mol. The smallest absolute Gasteiger partial charge is 0.307 e. The van der Waals surface area contributed by atoms with Crippen molar-refractivity contribution in [2.24, 2.45) is 11.8 Å². The molecule has 4 N–H and O–H groups in total. The Kier molecular flexibility index (Phi) is 6.31. The van der Waals surface area contributed by atoms with E-state index >= 15 is 0 Å². The first kappa shape index (κ1) is 17.9. The highest BCUT2D eigenvalue weighted by molar-refractivity contribution is 5.90. The summed E-state index contributed by atoms with van der Waals surface area (Å²) >= 11 is 0.